The van der Waals surface area contributed by atoms with E-state index in [9.17, 15) is 18.8 Å². The highest BCUT2D eigenvalue weighted by molar-refractivity contribution is 6.02. The number of anilines is 1. The molecule has 2 heterocycles. The third kappa shape index (κ3) is 3.52. The number of benzene rings is 2. The molecule has 1 unspecified atom stereocenters. The van der Waals surface area contributed by atoms with Gasteiger partial charge in [-0.1, -0.05) is 24.3 Å². The van der Waals surface area contributed by atoms with Crippen molar-refractivity contribution in [3.05, 3.63) is 65.2 Å². The summed E-state index contributed by atoms with van der Waals surface area (Å²) in [6.45, 7) is 3.54. The number of aryl methyl sites for hydroxylation is 2. The van der Waals surface area contributed by atoms with Crippen LogP contribution < -0.4 is 15.8 Å². The second-order valence-corrected chi connectivity index (χ2v) is 7.36. The first-order chi connectivity index (χ1) is 14.3. The lowest BCUT2D eigenvalue weighted by Gasteiger charge is -2.17. The van der Waals surface area contributed by atoms with E-state index < -0.39 is 23.5 Å². The van der Waals surface area contributed by atoms with Crippen LogP contribution in [0.5, 0.6) is 0 Å². The predicted molar refractivity (Wildman–Crippen MR) is 108 cm³/mol. The third-order valence-electron chi connectivity index (χ3n) is 5.24. The van der Waals surface area contributed by atoms with Crippen LogP contribution in [0.2, 0.25) is 0 Å². The van der Waals surface area contributed by atoms with Crippen molar-refractivity contribution in [1.82, 2.24) is 10.9 Å². The first-order valence-electron chi connectivity index (χ1n) is 9.50. The van der Waals surface area contributed by atoms with Crippen LogP contribution in [0, 0.1) is 25.6 Å². The Balaban J connectivity index is 1.41. The monoisotopic (exact) mass is 409 g/mol. The number of hydrogen-bond acceptors (Lipinski definition) is 4. The molecular formula is C22H20FN3O4. The van der Waals surface area contributed by atoms with Gasteiger partial charge in [-0.2, -0.15) is 0 Å². The smallest absolute Gasteiger partial charge is 0.305 e. The van der Waals surface area contributed by atoms with Crippen molar-refractivity contribution in [2.75, 3.05) is 11.4 Å². The number of nitrogens with zero attached hydrogens (tertiary/aromatic N) is 1. The molecule has 4 rings (SSSR count). The molecule has 1 fully saturated rings. The average molecular weight is 409 g/mol. The van der Waals surface area contributed by atoms with Crippen molar-refractivity contribution in [2.45, 2.75) is 20.3 Å². The van der Waals surface area contributed by atoms with Gasteiger partial charge in [0.05, 0.1) is 11.6 Å². The molecule has 2 N–H and O–H groups in total. The van der Waals surface area contributed by atoms with Gasteiger partial charge in [0.25, 0.3) is 0 Å². The van der Waals surface area contributed by atoms with E-state index in [1.165, 1.54) is 17.0 Å². The normalized spacial score (nSPS) is 16.2. The number of halogens is 1. The van der Waals surface area contributed by atoms with E-state index >= 15 is 0 Å². The first kappa shape index (κ1) is 19.6. The average Bonchev–Trinajstić information content (AvgIpc) is 3.27. The largest absolute Gasteiger partial charge is 0.451 e. The van der Waals surface area contributed by atoms with E-state index in [0.29, 0.717) is 11.1 Å². The Morgan fingerprint density at radius 2 is 1.90 bits per heavy atom. The van der Waals surface area contributed by atoms with E-state index in [0.717, 1.165) is 10.9 Å². The lowest BCUT2D eigenvalue weighted by molar-refractivity contribution is -0.126. The maximum absolute atomic E-state index is 14.2. The molecule has 1 atom stereocenters. The fraction of sp³-hybridized carbons (Fsp3) is 0.227. The summed E-state index contributed by atoms with van der Waals surface area (Å²) in [7, 11) is 0. The van der Waals surface area contributed by atoms with Crippen molar-refractivity contribution >= 4 is 34.4 Å². The van der Waals surface area contributed by atoms with E-state index in [2.05, 4.69) is 10.9 Å². The quantitative estimate of drug-likeness (QED) is 0.651. The molecule has 0 aliphatic carbocycles. The number of hydrogen-bond donors (Lipinski definition) is 2. The fourth-order valence-corrected chi connectivity index (χ4v) is 3.61. The zero-order valence-electron chi connectivity index (χ0n) is 16.5. The summed E-state index contributed by atoms with van der Waals surface area (Å²) in [5, 5.41) is 0.811. The number of para-hydroxylation sites is 1. The molecule has 1 saturated heterocycles. The van der Waals surface area contributed by atoms with Crippen LogP contribution in [-0.4, -0.2) is 24.3 Å². The number of rotatable bonds is 3. The summed E-state index contributed by atoms with van der Waals surface area (Å²) in [5.41, 5.74) is 6.78. The second-order valence-electron chi connectivity index (χ2n) is 7.36. The summed E-state index contributed by atoms with van der Waals surface area (Å²) in [6, 6.07) is 11.8. The van der Waals surface area contributed by atoms with Crippen molar-refractivity contribution in [3.8, 4) is 0 Å². The molecule has 154 valence electrons. The van der Waals surface area contributed by atoms with E-state index in [4.69, 9.17) is 4.42 Å². The van der Waals surface area contributed by atoms with Gasteiger partial charge in [-0.3, -0.25) is 25.2 Å². The van der Waals surface area contributed by atoms with Crippen LogP contribution in [0.25, 0.3) is 11.0 Å². The first-order valence-corrected chi connectivity index (χ1v) is 9.50. The lowest BCUT2D eigenvalue weighted by Crippen LogP contribution is -2.45. The van der Waals surface area contributed by atoms with E-state index in [-0.39, 0.29) is 30.3 Å². The molecule has 30 heavy (non-hydrogen) atoms. The Labute approximate surface area is 171 Å². The van der Waals surface area contributed by atoms with Crippen LogP contribution in [-0.2, 0) is 9.59 Å². The molecule has 2 aromatic carbocycles. The summed E-state index contributed by atoms with van der Waals surface area (Å²) < 4.78 is 19.8. The minimum Gasteiger partial charge on any atom is -0.451 e. The van der Waals surface area contributed by atoms with Crippen LogP contribution in [0.4, 0.5) is 10.1 Å². The van der Waals surface area contributed by atoms with E-state index in [1.807, 2.05) is 12.1 Å². The molecule has 8 heteroatoms. The Morgan fingerprint density at radius 3 is 2.63 bits per heavy atom. The molecule has 1 aromatic heterocycles. The number of carbonyl (C=O) groups excluding carboxylic acids is 3. The van der Waals surface area contributed by atoms with Crippen LogP contribution in [0.15, 0.2) is 46.9 Å². The molecule has 3 aromatic rings. The van der Waals surface area contributed by atoms with Crippen molar-refractivity contribution in [1.29, 1.82) is 0 Å². The highest BCUT2D eigenvalue weighted by atomic mass is 19.1. The summed E-state index contributed by atoms with van der Waals surface area (Å²) >= 11 is 0. The summed E-state index contributed by atoms with van der Waals surface area (Å²) in [4.78, 5) is 38.5. The molecular weight excluding hydrogens is 389 g/mol. The highest BCUT2D eigenvalue weighted by Crippen LogP contribution is 2.28. The molecule has 1 aliphatic heterocycles. The van der Waals surface area contributed by atoms with Crippen LogP contribution in [0.3, 0.4) is 0 Å². The maximum Gasteiger partial charge on any atom is 0.305 e. The third-order valence-corrected chi connectivity index (χ3v) is 5.24. The number of furan rings is 1. The van der Waals surface area contributed by atoms with Gasteiger partial charge in [0.15, 0.2) is 5.76 Å². The molecule has 7 nitrogen and oxygen atoms in total. The number of nitrogens with one attached hydrogen (secondary N) is 2. The van der Waals surface area contributed by atoms with Crippen LogP contribution in [0.1, 0.15) is 28.1 Å². The van der Waals surface area contributed by atoms with E-state index in [1.54, 1.807) is 32.0 Å². The molecule has 3 amide bonds. The Kier molecular flexibility index (Phi) is 4.99. The Morgan fingerprint density at radius 1 is 1.13 bits per heavy atom. The molecule has 0 radical (unpaired) electrons. The van der Waals surface area contributed by atoms with Crippen molar-refractivity contribution in [2.24, 2.45) is 5.92 Å². The molecule has 1 aliphatic rings. The number of carbonyl (C=O) groups is 3. The Hall–Kier alpha value is -3.68. The highest BCUT2D eigenvalue weighted by Gasteiger charge is 2.36. The minimum atomic E-state index is -0.713. The predicted octanol–water partition coefficient (Wildman–Crippen LogP) is 3.00. The minimum absolute atomic E-state index is 0.0319. The number of amides is 3. The zero-order valence-corrected chi connectivity index (χ0v) is 16.5. The number of fused-ring (bicyclic) bond motifs is 1. The number of hydrazine groups is 1. The van der Waals surface area contributed by atoms with Gasteiger partial charge < -0.3 is 9.32 Å². The maximum atomic E-state index is 14.2. The second kappa shape index (κ2) is 7.62. The van der Waals surface area contributed by atoms with Crippen molar-refractivity contribution in [3.63, 3.8) is 0 Å². The fourth-order valence-electron chi connectivity index (χ4n) is 3.61. The zero-order chi connectivity index (χ0) is 21.4. The van der Waals surface area contributed by atoms with Gasteiger partial charge in [0.2, 0.25) is 11.8 Å². The van der Waals surface area contributed by atoms with Gasteiger partial charge >= 0.3 is 5.91 Å². The van der Waals surface area contributed by atoms with Gasteiger partial charge in [0.1, 0.15) is 11.4 Å². The summed E-state index contributed by atoms with van der Waals surface area (Å²) in [6.07, 6.45) is -0.0707. The SMILES string of the molecule is Cc1ccc(N2CC(C(=O)NNC(=O)c3oc4ccccc4c3C)CC2=O)c(F)c1. The van der Waals surface area contributed by atoms with Gasteiger partial charge in [-0.15, -0.1) is 0 Å². The molecule has 0 saturated carbocycles. The van der Waals surface area contributed by atoms with Gasteiger partial charge in [-0.25, -0.2) is 4.39 Å². The molecule has 0 bridgehead atoms. The lowest BCUT2D eigenvalue weighted by atomic mass is 10.1. The standard InChI is InChI=1S/C22H20FN3O4/c1-12-7-8-17(16(23)9-12)26-11-14(10-19(26)27)21(28)24-25-22(29)20-13(2)15-5-3-4-6-18(15)30-20/h3-9,14H,10-11H2,1-2H3,(H,24,28)(H,25,29). The van der Waals surface area contributed by atoms with Gasteiger partial charge in [-0.05, 0) is 37.6 Å². The molecule has 0 spiro atoms. The topological polar surface area (TPSA) is 91.7 Å². The van der Waals surface area contributed by atoms with Gasteiger partial charge in [0, 0.05) is 23.9 Å². The summed E-state index contributed by atoms with van der Waals surface area (Å²) in [5.74, 6) is -2.60. The van der Waals surface area contributed by atoms with Crippen molar-refractivity contribution < 1.29 is 23.2 Å². The van der Waals surface area contributed by atoms with Crippen LogP contribution >= 0.6 is 0 Å². The Bertz CT molecular complexity index is 1170.